The van der Waals surface area contributed by atoms with Gasteiger partial charge < -0.3 is 10.2 Å². The molecule has 0 fully saturated rings. The lowest BCUT2D eigenvalue weighted by atomic mass is 10.2. The minimum Gasteiger partial charge on any atom is -0.329 e. The highest BCUT2D eigenvalue weighted by atomic mass is 35.5. The Morgan fingerprint density at radius 1 is 1.14 bits per heavy atom. The van der Waals surface area contributed by atoms with Crippen molar-refractivity contribution in [3.8, 4) is 0 Å². The van der Waals surface area contributed by atoms with Crippen molar-refractivity contribution < 1.29 is 18.0 Å². The van der Waals surface area contributed by atoms with Crippen LogP contribution in [0.5, 0.6) is 0 Å². The fraction of sp³-hybridized carbons (Fsp3) is 0.300. The van der Waals surface area contributed by atoms with E-state index in [1.807, 2.05) is 32.0 Å². The van der Waals surface area contributed by atoms with Gasteiger partial charge in [0.1, 0.15) is 6.54 Å². The number of benzene rings is 2. The van der Waals surface area contributed by atoms with Crippen LogP contribution in [0.15, 0.2) is 47.4 Å². The van der Waals surface area contributed by atoms with Gasteiger partial charge in [0.05, 0.1) is 15.5 Å². The van der Waals surface area contributed by atoms with Crippen LogP contribution in [0.2, 0.25) is 5.02 Å². The number of para-hydroxylation sites is 1. The average Bonchev–Trinajstić information content (AvgIpc) is 2.62. The molecule has 2 aromatic carbocycles. The molecule has 2 rings (SSSR count). The van der Waals surface area contributed by atoms with E-state index in [0.29, 0.717) is 18.7 Å². The Kier molecular flexibility index (Phi) is 7.21. The second kappa shape index (κ2) is 9.21. The molecule has 0 aromatic heterocycles. The van der Waals surface area contributed by atoms with Gasteiger partial charge in [-0.25, -0.2) is 8.42 Å². The summed E-state index contributed by atoms with van der Waals surface area (Å²) in [6.45, 7) is 3.93. The van der Waals surface area contributed by atoms with Crippen molar-refractivity contribution in [1.82, 2.24) is 4.90 Å². The second-order valence-electron chi connectivity index (χ2n) is 6.50. The van der Waals surface area contributed by atoms with Crippen molar-refractivity contribution >= 4 is 38.9 Å². The van der Waals surface area contributed by atoms with Crippen LogP contribution in [0.25, 0.3) is 0 Å². The summed E-state index contributed by atoms with van der Waals surface area (Å²) in [4.78, 5) is 26.8. The molecule has 28 heavy (non-hydrogen) atoms. The summed E-state index contributed by atoms with van der Waals surface area (Å²) in [5.74, 6) is -0.830. The number of rotatable bonds is 7. The molecule has 0 saturated carbocycles. The first-order valence-electron chi connectivity index (χ1n) is 8.78. The van der Waals surface area contributed by atoms with E-state index in [0.717, 1.165) is 11.8 Å². The maximum absolute atomic E-state index is 13.0. The predicted octanol–water partition coefficient (Wildman–Crippen LogP) is 3.54. The minimum atomic E-state index is -3.49. The van der Waals surface area contributed by atoms with E-state index in [1.54, 1.807) is 6.07 Å². The summed E-state index contributed by atoms with van der Waals surface area (Å²) in [6, 6.07) is 11.3. The number of hydrogen-bond donors (Lipinski definition) is 1. The first-order chi connectivity index (χ1) is 13.1. The topological polar surface area (TPSA) is 83.6 Å². The van der Waals surface area contributed by atoms with Crippen molar-refractivity contribution in [1.29, 1.82) is 0 Å². The van der Waals surface area contributed by atoms with E-state index in [2.05, 4.69) is 5.32 Å². The van der Waals surface area contributed by atoms with Gasteiger partial charge in [-0.3, -0.25) is 9.59 Å². The summed E-state index contributed by atoms with van der Waals surface area (Å²) in [5.41, 5.74) is 1.64. The Labute approximate surface area is 170 Å². The molecule has 8 heteroatoms. The Morgan fingerprint density at radius 3 is 2.43 bits per heavy atom. The number of aryl methyl sites for hydroxylation is 1. The molecule has 0 saturated heterocycles. The average molecular weight is 423 g/mol. The quantitative estimate of drug-likeness (QED) is 0.739. The molecule has 0 spiro atoms. The lowest BCUT2D eigenvalue weighted by Crippen LogP contribution is -2.38. The Bertz CT molecular complexity index is 989. The van der Waals surface area contributed by atoms with Gasteiger partial charge in [-0.15, -0.1) is 0 Å². The maximum atomic E-state index is 13.0. The number of anilines is 1. The molecular formula is C20H23ClN2O4S. The molecule has 0 atom stereocenters. The number of sulfone groups is 1. The molecule has 0 bridgehead atoms. The van der Waals surface area contributed by atoms with Gasteiger partial charge >= 0.3 is 0 Å². The molecule has 2 amide bonds. The zero-order chi connectivity index (χ0) is 20.9. The first-order valence-corrected chi connectivity index (χ1v) is 11.0. The van der Waals surface area contributed by atoms with Gasteiger partial charge in [0.2, 0.25) is 5.91 Å². The van der Waals surface area contributed by atoms with Gasteiger partial charge in [-0.1, -0.05) is 36.7 Å². The van der Waals surface area contributed by atoms with Crippen LogP contribution in [0.1, 0.15) is 29.3 Å². The highest BCUT2D eigenvalue weighted by Gasteiger charge is 2.22. The van der Waals surface area contributed by atoms with Crippen LogP contribution in [-0.2, 0) is 14.6 Å². The molecule has 6 nitrogen and oxygen atoms in total. The SMILES string of the molecule is CCCN(CC(=O)Nc1ccccc1C)C(=O)c1cc(S(C)(=O)=O)ccc1Cl. The van der Waals surface area contributed by atoms with Crippen molar-refractivity contribution in [3.05, 3.63) is 58.6 Å². The van der Waals surface area contributed by atoms with Crippen molar-refractivity contribution in [3.63, 3.8) is 0 Å². The maximum Gasteiger partial charge on any atom is 0.255 e. The fourth-order valence-electron chi connectivity index (χ4n) is 2.67. The van der Waals surface area contributed by atoms with Crippen LogP contribution >= 0.6 is 11.6 Å². The molecule has 0 radical (unpaired) electrons. The van der Waals surface area contributed by atoms with E-state index in [1.165, 1.54) is 23.1 Å². The number of carbonyl (C=O) groups excluding carboxylic acids is 2. The third kappa shape index (κ3) is 5.56. The molecule has 1 N–H and O–H groups in total. The lowest BCUT2D eigenvalue weighted by Gasteiger charge is -2.22. The van der Waals surface area contributed by atoms with E-state index >= 15 is 0 Å². The van der Waals surface area contributed by atoms with Crippen molar-refractivity contribution in [2.75, 3.05) is 24.7 Å². The van der Waals surface area contributed by atoms with Crippen LogP contribution in [0.4, 0.5) is 5.69 Å². The summed E-state index contributed by atoms with van der Waals surface area (Å²) >= 11 is 6.13. The summed E-state index contributed by atoms with van der Waals surface area (Å²) in [6.07, 6.45) is 1.69. The third-order valence-corrected chi connectivity index (χ3v) is 5.57. The van der Waals surface area contributed by atoms with Gasteiger partial charge in [0.25, 0.3) is 5.91 Å². The molecule has 2 aromatic rings. The smallest absolute Gasteiger partial charge is 0.255 e. The monoisotopic (exact) mass is 422 g/mol. The van der Waals surface area contributed by atoms with Crippen molar-refractivity contribution in [2.45, 2.75) is 25.2 Å². The Balaban J connectivity index is 2.25. The number of halogens is 1. The van der Waals surface area contributed by atoms with Gasteiger partial charge in [-0.2, -0.15) is 0 Å². The summed E-state index contributed by atoms with van der Waals surface area (Å²) in [7, 11) is -3.49. The zero-order valence-electron chi connectivity index (χ0n) is 16.0. The van der Waals surface area contributed by atoms with Gasteiger partial charge in [0, 0.05) is 18.5 Å². The van der Waals surface area contributed by atoms with Crippen LogP contribution in [0.3, 0.4) is 0 Å². The molecule has 150 valence electrons. The minimum absolute atomic E-state index is 0.000982. The van der Waals surface area contributed by atoms with Crippen LogP contribution in [-0.4, -0.2) is 44.5 Å². The van der Waals surface area contributed by atoms with Gasteiger partial charge in [0.15, 0.2) is 9.84 Å². The number of nitrogens with zero attached hydrogens (tertiary/aromatic N) is 1. The van der Waals surface area contributed by atoms with E-state index in [-0.39, 0.29) is 27.9 Å². The third-order valence-electron chi connectivity index (χ3n) is 4.13. The van der Waals surface area contributed by atoms with E-state index in [4.69, 9.17) is 11.6 Å². The van der Waals surface area contributed by atoms with E-state index in [9.17, 15) is 18.0 Å². The molecule has 0 aliphatic carbocycles. The Morgan fingerprint density at radius 2 is 1.82 bits per heavy atom. The molecular weight excluding hydrogens is 400 g/mol. The van der Waals surface area contributed by atoms with Crippen LogP contribution in [0, 0.1) is 6.92 Å². The standard InChI is InChI=1S/C20H23ClN2O4S/c1-4-11-23(13-19(24)22-18-8-6-5-7-14(18)2)20(25)16-12-15(28(3,26)27)9-10-17(16)21/h5-10,12H,4,11,13H2,1-3H3,(H,22,24). The number of carbonyl (C=O) groups is 2. The number of nitrogens with one attached hydrogen (secondary N) is 1. The van der Waals surface area contributed by atoms with E-state index < -0.39 is 15.7 Å². The molecule has 0 unspecified atom stereocenters. The predicted molar refractivity (Wildman–Crippen MR) is 111 cm³/mol. The normalized spacial score (nSPS) is 11.1. The van der Waals surface area contributed by atoms with Gasteiger partial charge in [-0.05, 0) is 43.2 Å². The summed E-state index contributed by atoms with van der Waals surface area (Å²) < 4.78 is 23.6. The molecule has 0 aliphatic heterocycles. The highest BCUT2D eigenvalue weighted by molar-refractivity contribution is 7.90. The Hall–Kier alpha value is -2.38. The molecule has 0 heterocycles. The summed E-state index contributed by atoms with van der Waals surface area (Å²) in [5, 5.41) is 2.93. The van der Waals surface area contributed by atoms with Crippen molar-refractivity contribution in [2.24, 2.45) is 0 Å². The molecule has 0 aliphatic rings. The number of hydrogen-bond acceptors (Lipinski definition) is 4. The van der Waals surface area contributed by atoms with Crippen LogP contribution < -0.4 is 5.32 Å². The second-order valence-corrected chi connectivity index (χ2v) is 8.93. The fourth-order valence-corrected chi connectivity index (χ4v) is 3.51. The first kappa shape index (κ1) is 21.9. The largest absolute Gasteiger partial charge is 0.329 e. The lowest BCUT2D eigenvalue weighted by molar-refractivity contribution is -0.116. The number of amides is 2. The highest BCUT2D eigenvalue weighted by Crippen LogP contribution is 2.22. The zero-order valence-corrected chi connectivity index (χ0v) is 17.6.